The van der Waals surface area contributed by atoms with Crippen molar-refractivity contribution in [2.24, 2.45) is 0 Å². The number of nitriles is 1. The Morgan fingerprint density at radius 2 is 1.88 bits per heavy atom. The van der Waals surface area contributed by atoms with Crippen LogP contribution in [0.2, 0.25) is 0 Å². The van der Waals surface area contributed by atoms with Crippen LogP contribution >= 0.6 is 0 Å². The van der Waals surface area contributed by atoms with E-state index in [0.717, 1.165) is 35.7 Å². The Morgan fingerprint density at radius 3 is 2.50 bits per heavy atom. The number of likely N-dealkylation sites (N-methyl/N-ethyl adjacent to an activating group) is 1. The fourth-order valence-electron chi connectivity index (χ4n) is 4.25. The molecule has 1 N–H and O–H groups in total. The molecule has 7 heteroatoms. The van der Waals surface area contributed by atoms with Gasteiger partial charge in [0.2, 0.25) is 5.91 Å². The summed E-state index contributed by atoms with van der Waals surface area (Å²) in [5.74, 6) is 0.427. The van der Waals surface area contributed by atoms with Gasteiger partial charge in [0.1, 0.15) is 12.4 Å². The lowest BCUT2D eigenvalue weighted by atomic mass is 9.80. The van der Waals surface area contributed by atoms with Crippen LogP contribution in [0.1, 0.15) is 50.8 Å². The molecule has 1 aliphatic rings. The van der Waals surface area contributed by atoms with Gasteiger partial charge in [-0.2, -0.15) is 5.26 Å². The average molecular weight is 464 g/mol. The predicted molar refractivity (Wildman–Crippen MR) is 131 cm³/mol. The van der Waals surface area contributed by atoms with E-state index in [0.29, 0.717) is 25.1 Å². The van der Waals surface area contributed by atoms with E-state index in [2.05, 4.69) is 23.2 Å². The molecule has 1 atom stereocenters. The fraction of sp³-hybridized carbons (Fsp3) is 0.444. The van der Waals surface area contributed by atoms with E-state index < -0.39 is 10.8 Å². The summed E-state index contributed by atoms with van der Waals surface area (Å²) in [6, 6.07) is 15.0. The Balaban J connectivity index is 1.56. The van der Waals surface area contributed by atoms with Crippen LogP contribution in [-0.4, -0.2) is 50.1 Å². The number of hydrogen-bond donors (Lipinski definition) is 1. The van der Waals surface area contributed by atoms with E-state index in [1.807, 2.05) is 51.1 Å². The molecule has 0 aliphatic carbocycles. The van der Waals surface area contributed by atoms with Gasteiger partial charge in [0, 0.05) is 12.2 Å². The molecular formula is C27H33N3O4. The maximum absolute atomic E-state index is 12.7. The second-order valence-corrected chi connectivity index (χ2v) is 9.33. The highest BCUT2D eigenvalue weighted by atomic mass is 16.5. The molecule has 0 radical (unpaired) electrons. The zero-order valence-electron chi connectivity index (χ0n) is 20.6. The number of nitrogens with zero attached hydrogens (tertiary/aromatic N) is 2. The van der Waals surface area contributed by atoms with E-state index in [-0.39, 0.29) is 11.9 Å². The van der Waals surface area contributed by atoms with E-state index in [1.165, 1.54) is 7.11 Å². The number of methoxy groups -OCH3 is 1. The van der Waals surface area contributed by atoms with Crippen molar-refractivity contribution in [3.63, 3.8) is 0 Å². The van der Waals surface area contributed by atoms with Gasteiger partial charge in [-0.15, -0.1) is 0 Å². The molecule has 180 valence electrons. The van der Waals surface area contributed by atoms with Crippen molar-refractivity contribution in [3.05, 3.63) is 59.2 Å². The Labute approximate surface area is 201 Å². The minimum Gasteiger partial charge on any atom is -0.492 e. The molecule has 1 heterocycles. The van der Waals surface area contributed by atoms with E-state index >= 15 is 0 Å². The molecule has 0 saturated heterocycles. The van der Waals surface area contributed by atoms with Crippen LogP contribution in [0.15, 0.2) is 42.5 Å². The molecular weight excluding hydrogens is 430 g/mol. The Kier molecular flexibility index (Phi) is 7.63. The normalized spacial score (nSPS) is 17.1. The zero-order chi connectivity index (χ0) is 24.9. The Bertz CT molecular complexity index is 1090. The number of carbonyl (C=O) groups is 2. The minimum atomic E-state index is -0.721. The molecule has 3 rings (SSSR count). The lowest BCUT2D eigenvalue weighted by Crippen LogP contribution is -2.37. The smallest absolute Gasteiger partial charge is 0.315 e. The number of benzene rings is 2. The third-order valence-corrected chi connectivity index (χ3v) is 6.82. The quantitative estimate of drug-likeness (QED) is 0.536. The molecule has 7 nitrogen and oxygen atoms in total. The van der Waals surface area contributed by atoms with Crippen LogP contribution in [0.4, 0.5) is 5.69 Å². The molecule has 0 spiro atoms. The van der Waals surface area contributed by atoms with Gasteiger partial charge >= 0.3 is 5.97 Å². The molecule has 2 aromatic carbocycles. The molecule has 1 amide bonds. The number of esters is 1. The highest BCUT2D eigenvalue weighted by Gasteiger charge is 2.42. The van der Waals surface area contributed by atoms with Gasteiger partial charge in [-0.25, -0.2) is 0 Å². The minimum absolute atomic E-state index is 0.0279. The van der Waals surface area contributed by atoms with Crippen LogP contribution in [0.5, 0.6) is 5.75 Å². The summed E-state index contributed by atoms with van der Waals surface area (Å²) in [4.78, 5) is 27.0. The van der Waals surface area contributed by atoms with Gasteiger partial charge in [0.25, 0.3) is 0 Å². The maximum Gasteiger partial charge on any atom is 0.315 e. The predicted octanol–water partition coefficient (Wildman–Crippen LogP) is 4.01. The van der Waals surface area contributed by atoms with Gasteiger partial charge in [-0.3, -0.25) is 9.59 Å². The third-order valence-electron chi connectivity index (χ3n) is 6.82. The summed E-state index contributed by atoms with van der Waals surface area (Å²) in [7, 11) is 1.39. The molecule has 1 aliphatic heterocycles. The highest BCUT2D eigenvalue weighted by Crippen LogP contribution is 2.40. The van der Waals surface area contributed by atoms with Crippen LogP contribution in [0.3, 0.4) is 0 Å². The first-order valence-corrected chi connectivity index (χ1v) is 11.6. The molecule has 0 bridgehead atoms. The maximum atomic E-state index is 12.7. The molecule has 0 fully saturated rings. The molecule has 0 aromatic heterocycles. The number of carbonyl (C=O) groups excluding carboxylic acids is 2. The number of hydrogen-bond acceptors (Lipinski definition) is 6. The summed E-state index contributed by atoms with van der Waals surface area (Å²) in [6.07, 6.45) is 0.645. The summed E-state index contributed by atoms with van der Waals surface area (Å²) in [5.41, 5.74) is 1.71. The van der Waals surface area contributed by atoms with Crippen LogP contribution in [-0.2, 0) is 25.2 Å². The topological polar surface area (TPSA) is 91.7 Å². The fourth-order valence-corrected chi connectivity index (χ4v) is 4.25. The number of ether oxygens (including phenoxy) is 2. The number of amides is 1. The number of rotatable bonds is 10. The SMILES string of the molecule is CCN(CCOc1ccc(C(C)(C)C(=O)OC)cc1)CCC1(C)C(=O)Nc2ccc(C#N)cc21. The first-order valence-electron chi connectivity index (χ1n) is 11.6. The Hall–Kier alpha value is -3.37. The average Bonchev–Trinajstić information content (AvgIpc) is 3.10. The second-order valence-electron chi connectivity index (χ2n) is 9.33. The van der Waals surface area contributed by atoms with Crippen LogP contribution in [0.25, 0.3) is 0 Å². The van der Waals surface area contributed by atoms with Crippen LogP contribution in [0, 0.1) is 11.3 Å². The summed E-state index contributed by atoms with van der Waals surface area (Å²) in [6.45, 7) is 10.5. The van der Waals surface area contributed by atoms with Crippen molar-refractivity contribution in [3.8, 4) is 11.8 Å². The van der Waals surface area contributed by atoms with E-state index in [4.69, 9.17) is 9.47 Å². The van der Waals surface area contributed by atoms with Crippen molar-refractivity contribution in [2.45, 2.75) is 44.9 Å². The van der Waals surface area contributed by atoms with Crippen molar-refractivity contribution in [1.29, 1.82) is 5.26 Å². The molecule has 2 aromatic rings. The monoisotopic (exact) mass is 463 g/mol. The summed E-state index contributed by atoms with van der Waals surface area (Å²) >= 11 is 0. The van der Waals surface area contributed by atoms with E-state index in [1.54, 1.807) is 12.1 Å². The van der Waals surface area contributed by atoms with Gasteiger partial charge in [0.05, 0.1) is 29.6 Å². The molecule has 34 heavy (non-hydrogen) atoms. The van der Waals surface area contributed by atoms with Crippen molar-refractivity contribution in [1.82, 2.24) is 4.90 Å². The van der Waals surface area contributed by atoms with Gasteiger partial charge in [0.15, 0.2) is 0 Å². The highest BCUT2D eigenvalue weighted by molar-refractivity contribution is 6.06. The first kappa shape index (κ1) is 25.3. The number of fused-ring (bicyclic) bond motifs is 1. The number of nitrogens with one attached hydrogen (secondary N) is 1. The molecule has 0 saturated carbocycles. The van der Waals surface area contributed by atoms with Gasteiger partial charge in [-0.1, -0.05) is 19.1 Å². The second kappa shape index (κ2) is 10.3. The Morgan fingerprint density at radius 1 is 1.18 bits per heavy atom. The van der Waals surface area contributed by atoms with Crippen molar-refractivity contribution in [2.75, 3.05) is 38.7 Å². The van der Waals surface area contributed by atoms with Crippen molar-refractivity contribution < 1.29 is 19.1 Å². The standard InChI is InChI=1S/C27H33N3O4/c1-6-30(14-13-27(4)22-17-19(18-28)7-12-23(22)29-24(27)31)15-16-34-21-10-8-20(9-11-21)26(2,3)25(32)33-5/h7-12,17H,6,13-16H2,1-5H3,(H,29,31). The van der Waals surface area contributed by atoms with Crippen molar-refractivity contribution >= 4 is 17.6 Å². The zero-order valence-corrected chi connectivity index (χ0v) is 20.6. The van der Waals surface area contributed by atoms with Crippen LogP contribution < -0.4 is 10.1 Å². The number of anilines is 1. The lowest BCUT2D eigenvalue weighted by Gasteiger charge is -2.27. The van der Waals surface area contributed by atoms with Gasteiger partial charge in [-0.05, 0) is 81.7 Å². The first-order chi connectivity index (χ1) is 16.1. The van der Waals surface area contributed by atoms with Gasteiger partial charge < -0.3 is 19.7 Å². The van der Waals surface area contributed by atoms with E-state index in [9.17, 15) is 14.9 Å². The summed E-state index contributed by atoms with van der Waals surface area (Å²) < 4.78 is 10.8. The molecule has 1 unspecified atom stereocenters. The third kappa shape index (κ3) is 5.07. The summed E-state index contributed by atoms with van der Waals surface area (Å²) in [5, 5.41) is 12.2. The lowest BCUT2D eigenvalue weighted by molar-refractivity contribution is -0.146. The largest absolute Gasteiger partial charge is 0.492 e.